The number of hydrogen-bond donors (Lipinski definition) is 1. The number of ether oxygens (including phenoxy) is 1. The summed E-state index contributed by atoms with van der Waals surface area (Å²) in [7, 11) is -2.61. The van der Waals surface area contributed by atoms with Crippen LogP contribution < -0.4 is 14.4 Å². The molecule has 0 aliphatic carbocycles. The first-order chi connectivity index (χ1) is 19.6. The van der Waals surface area contributed by atoms with Crippen molar-refractivity contribution >= 4 is 39.1 Å². The Morgan fingerprint density at radius 1 is 1.00 bits per heavy atom. The summed E-state index contributed by atoms with van der Waals surface area (Å²) in [4.78, 5) is 28.9. The topological polar surface area (TPSA) is 96.0 Å². The van der Waals surface area contributed by atoms with Gasteiger partial charge in [-0.15, -0.1) is 0 Å². The van der Waals surface area contributed by atoms with Crippen molar-refractivity contribution in [1.29, 1.82) is 0 Å². The van der Waals surface area contributed by atoms with Crippen molar-refractivity contribution < 1.29 is 22.7 Å². The molecule has 0 aliphatic heterocycles. The number of methoxy groups -OCH3 is 1. The molecule has 0 saturated carbocycles. The first-order valence-electron chi connectivity index (χ1n) is 13.7. The summed E-state index contributed by atoms with van der Waals surface area (Å²) in [6.45, 7) is 5.72. The molecule has 8 nitrogen and oxygen atoms in total. The number of benzene rings is 3. The number of anilines is 1. The predicted molar refractivity (Wildman–Crippen MR) is 163 cm³/mol. The van der Waals surface area contributed by atoms with Crippen LogP contribution in [0.2, 0.25) is 5.02 Å². The maximum atomic E-state index is 14.1. The molecular formula is C31H38ClN3O5S. The highest BCUT2D eigenvalue weighted by Crippen LogP contribution is 2.29. The van der Waals surface area contributed by atoms with Crippen LogP contribution in [0.3, 0.4) is 0 Å². The number of hydrogen-bond acceptors (Lipinski definition) is 5. The number of nitrogens with zero attached hydrogens (tertiary/aromatic N) is 2. The smallest absolute Gasteiger partial charge is 0.264 e. The molecule has 0 heterocycles. The van der Waals surface area contributed by atoms with Gasteiger partial charge in [0.05, 0.1) is 17.7 Å². The monoisotopic (exact) mass is 599 g/mol. The first-order valence-corrected chi connectivity index (χ1v) is 15.5. The van der Waals surface area contributed by atoms with Crippen molar-refractivity contribution in [2.75, 3.05) is 24.5 Å². The van der Waals surface area contributed by atoms with Gasteiger partial charge in [0, 0.05) is 18.1 Å². The molecule has 3 aromatic carbocycles. The molecule has 0 unspecified atom stereocenters. The minimum Gasteiger partial charge on any atom is -0.497 e. The van der Waals surface area contributed by atoms with Gasteiger partial charge < -0.3 is 15.0 Å². The molecule has 1 atom stereocenters. The van der Waals surface area contributed by atoms with Crippen LogP contribution in [0.1, 0.15) is 44.2 Å². The van der Waals surface area contributed by atoms with E-state index in [4.69, 9.17) is 16.3 Å². The van der Waals surface area contributed by atoms with Crippen molar-refractivity contribution in [3.8, 4) is 5.75 Å². The van der Waals surface area contributed by atoms with Crippen LogP contribution in [0.15, 0.2) is 77.7 Å². The second-order valence-corrected chi connectivity index (χ2v) is 12.0. The molecule has 10 heteroatoms. The zero-order valence-electron chi connectivity index (χ0n) is 24.0. The van der Waals surface area contributed by atoms with Crippen LogP contribution in [0.5, 0.6) is 5.75 Å². The summed E-state index contributed by atoms with van der Waals surface area (Å²) in [6, 6.07) is 19.2. The summed E-state index contributed by atoms with van der Waals surface area (Å²) >= 11 is 6.38. The average Bonchev–Trinajstić information content (AvgIpc) is 2.97. The first kappa shape index (κ1) is 32.0. The summed E-state index contributed by atoms with van der Waals surface area (Å²) in [5.41, 5.74) is 1.76. The maximum Gasteiger partial charge on any atom is 0.264 e. The Hall–Kier alpha value is -3.56. The molecule has 220 valence electrons. The Bertz CT molecular complexity index is 1430. The van der Waals surface area contributed by atoms with Crippen LogP contribution >= 0.6 is 11.6 Å². The molecule has 0 fully saturated rings. The molecule has 2 amide bonds. The SMILES string of the molecule is CCCCNC(=O)[C@H](CC)N(Cc1cccc(OC)c1)C(=O)CN(c1ccc(C)c(Cl)c1)S(=O)(=O)c1ccccc1. The number of carbonyl (C=O) groups is 2. The van der Waals surface area contributed by atoms with E-state index in [0.717, 1.165) is 28.3 Å². The van der Waals surface area contributed by atoms with Gasteiger partial charge >= 0.3 is 0 Å². The van der Waals surface area contributed by atoms with E-state index in [0.29, 0.717) is 23.7 Å². The summed E-state index contributed by atoms with van der Waals surface area (Å²) in [5, 5.41) is 3.30. The van der Waals surface area contributed by atoms with Crippen molar-refractivity contribution in [2.24, 2.45) is 0 Å². The Morgan fingerprint density at radius 3 is 2.37 bits per heavy atom. The van der Waals surface area contributed by atoms with Gasteiger partial charge in [-0.2, -0.15) is 0 Å². The summed E-state index contributed by atoms with van der Waals surface area (Å²) in [5.74, 6) is -0.201. The molecule has 0 bridgehead atoms. The van der Waals surface area contributed by atoms with Crippen LogP contribution in [0.4, 0.5) is 5.69 Å². The molecule has 41 heavy (non-hydrogen) atoms. The maximum absolute atomic E-state index is 14.1. The molecule has 3 rings (SSSR count). The Labute approximate surface area is 248 Å². The molecule has 0 aromatic heterocycles. The normalized spacial score (nSPS) is 11.9. The number of aryl methyl sites for hydroxylation is 1. The number of sulfonamides is 1. The number of nitrogens with one attached hydrogen (secondary N) is 1. The number of amides is 2. The molecule has 0 spiro atoms. The molecular weight excluding hydrogens is 562 g/mol. The van der Waals surface area contributed by atoms with E-state index in [2.05, 4.69) is 5.32 Å². The second-order valence-electron chi connectivity index (χ2n) is 9.70. The lowest BCUT2D eigenvalue weighted by Gasteiger charge is -2.33. The Kier molecular flexibility index (Phi) is 11.6. The van der Waals surface area contributed by atoms with Crippen LogP contribution in [0.25, 0.3) is 0 Å². The quantitative estimate of drug-likeness (QED) is 0.244. The van der Waals surface area contributed by atoms with E-state index < -0.39 is 28.5 Å². The number of carbonyl (C=O) groups excluding carboxylic acids is 2. The van der Waals surface area contributed by atoms with Gasteiger partial charge in [-0.25, -0.2) is 8.42 Å². The van der Waals surface area contributed by atoms with Gasteiger partial charge in [0.15, 0.2) is 0 Å². The molecule has 0 radical (unpaired) electrons. The molecule has 0 saturated heterocycles. The minimum atomic E-state index is -4.16. The van der Waals surface area contributed by atoms with Crippen LogP contribution in [0, 0.1) is 6.92 Å². The standard InChI is InChI=1S/C31H38ClN3O5S/c1-5-7-18-33-31(37)29(6-2)34(21-24-12-11-13-26(19-24)40-4)30(36)22-35(25-17-16-23(3)28(32)20-25)41(38,39)27-14-9-8-10-15-27/h8-17,19-20,29H,5-7,18,21-22H2,1-4H3,(H,33,37)/t29-/m0/s1. The Balaban J connectivity index is 2.05. The number of rotatable bonds is 14. The lowest BCUT2D eigenvalue weighted by atomic mass is 10.1. The summed E-state index contributed by atoms with van der Waals surface area (Å²) in [6.07, 6.45) is 2.06. The van der Waals surface area contributed by atoms with E-state index in [-0.39, 0.29) is 23.0 Å². The third kappa shape index (κ3) is 8.24. The van der Waals surface area contributed by atoms with Crippen molar-refractivity contribution in [3.63, 3.8) is 0 Å². The van der Waals surface area contributed by atoms with Gasteiger partial charge in [0.2, 0.25) is 11.8 Å². The van der Waals surface area contributed by atoms with Gasteiger partial charge in [-0.1, -0.05) is 68.3 Å². The average molecular weight is 600 g/mol. The van der Waals surface area contributed by atoms with Crippen molar-refractivity contribution in [1.82, 2.24) is 10.2 Å². The van der Waals surface area contributed by atoms with E-state index in [9.17, 15) is 18.0 Å². The number of halogens is 1. The lowest BCUT2D eigenvalue weighted by molar-refractivity contribution is -0.140. The highest BCUT2D eigenvalue weighted by molar-refractivity contribution is 7.92. The van der Waals surface area contributed by atoms with E-state index in [1.54, 1.807) is 55.6 Å². The van der Waals surface area contributed by atoms with E-state index in [1.165, 1.54) is 23.1 Å². The van der Waals surface area contributed by atoms with Crippen molar-refractivity contribution in [3.05, 3.63) is 88.9 Å². The zero-order chi connectivity index (χ0) is 30.0. The fraction of sp³-hybridized carbons (Fsp3) is 0.355. The largest absolute Gasteiger partial charge is 0.497 e. The molecule has 3 aromatic rings. The lowest BCUT2D eigenvalue weighted by Crippen LogP contribution is -2.52. The summed E-state index contributed by atoms with van der Waals surface area (Å²) < 4.78 is 34.2. The fourth-order valence-electron chi connectivity index (χ4n) is 4.38. The third-order valence-corrected chi connectivity index (χ3v) is 8.95. The highest BCUT2D eigenvalue weighted by Gasteiger charge is 2.33. The van der Waals surface area contributed by atoms with Gasteiger partial charge in [0.25, 0.3) is 10.0 Å². The minimum absolute atomic E-state index is 0.0354. The van der Waals surface area contributed by atoms with Gasteiger partial charge in [-0.05, 0) is 67.3 Å². The molecule has 1 N–H and O–H groups in total. The predicted octanol–water partition coefficient (Wildman–Crippen LogP) is 5.58. The molecule has 0 aliphatic rings. The van der Waals surface area contributed by atoms with Gasteiger partial charge in [0.1, 0.15) is 18.3 Å². The zero-order valence-corrected chi connectivity index (χ0v) is 25.5. The van der Waals surface area contributed by atoms with Crippen LogP contribution in [-0.2, 0) is 26.2 Å². The van der Waals surface area contributed by atoms with Gasteiger partial charge in [-0.3, -0.25) is 13.9 Å². The van der Waals surface area contributed by atoms with Crippen molar-refractivity contribution in [2.45, 2.75) is 57.5 Å². The Morgan fingerprint density at radius 2 is 1.73 bits per heavy atom. The highest BCUT2D eigenvalue weighted by atomic mass is 35.5. The fourth-order valence-corrected chi connectivity index (χ4v) is 5.98. The van der Waals surface area contributed by atoms with E-state index >= 15 is 0 Å². The third-order valence-electron chi connectivity index (χ3n) is 6.76. The second kappa shape index (κ2) is 14.9. The number of unbranched alkanes of at least 4 members (excludes halogenated alkanes) is 1. The van der Waals surface area contributed by atoms with E-state index in [1.807, 2.05) is 26.8 Å². The van der Waals surface area contributed by atoms with Crippen LogP contribution in [-0.4, -0.2) is 51.4 Å².